The number of fused-ring (bicyclic) bond motifs is 3. The highest BCUT2D eigenvalue weighted by atomic mass is 32.1. The van der Waals surface area contributed by atoms with E-state index in [4.69, 9.17) is 0 Å². The Labute approximate surface area is 142 Å². The number of aromatic nitrogens is 2. The molecule has 0 spiro atoms. The Kier molecular flexibility index (Phi) is 4.03. The van der Waals surface area contributed by atoms with E-state index in [1.54, 1.807) is 12.3 Å². The average molecular weight is 344 g/mol. The SMILES string of the molecule is O=C(CN1CCCc2c([nH]c3c(F)cccc23)C1)Nc1nccs1. The first-order chi connectivity index (χ1) is 11.7. The Bertz CT molecular complexity index is 874. The number of para-hydroxylation sites is 1. The van der Waals surface area contributed by atoms with E-state index in [0.29, 0.717) is 23.7 Å². The van der Waals surface area contributed by atoms with E-state index in [2.05, 4.69) is 20.2 Å². The lowest BCUT2D eigenvalue weighted by molar-refractivity contribution is -0.117. The van der Waals surface area contributed by atoms with E-state index in [0.717, 1.165) is 30.5 Å². The second kappa shape index (κ2) is 6.33. The number of carbonyl (C=O) groups is 1. The van der Waals surface area contributed by atoms with Crippen molar-refractivity contribution in [1.82, 2.24) is 14.9 Å². The van der Waals surface area contributed by atoms with Crippen molar-refractivity contribution in [3.8, 4) is 0 Å². The number of amides is 1. The molecule has 5 nitrogen and oxygen atoms in total. The van der Waals surface area contributed by atoms with Crippen molar-refractivity contribution in [2.24, 2.45) is 0 Å². The fraction of sp³-hybridized carbons (Fsp3) is 0.294. The van der Waals surface area contributed by atoms with Gasteiger partial charge < -0.3 is 10.3 Å². The third-order valence-electron chi connectivity index (χ3n) is 4.31. The van der Waals surface area contributed by atoms with Crippen molar-refractivity contribution >= 4 is 33.3 Å². The van der Waals surface area contributed by atoms with Crippen LogP contribution in [0.15, 0.2) is 29.8 Å². The zero-order valence-corrected chi connectivity index (χ0v) is 13.8. The quantitative estimate of drug-likeness (QED) is 0.767. The molecule has 24 heavy (non-hydrogen) atoms. The van der Waals surface area contributed by atoms with Gasteiger partial charge in [0, 0.05) is 29.2 Å². The summed E-state index contributed by atoms with van der Waals surface area (Å²) in [4.78, 5) is 21.5. The molecule has 0 bridgehead atoms. The third-order valence-corrected chi connectivity index (χ3v) is 5.00. The fourth-order valence-electron chi connectivity index (χ4n) is 3.28. The van der Waals surface area contributed by atoms with Crippen molar-refractivity contribution in [2.75, 3.05) is 18.4 Å². The van der Waals surface area contributed by atoms with Crippen LogP contribution in [0.1, 0.15) is 17.7 Å². The van der Waals surface area contributed by atoms with Crippen molar-refractivity contribution in [3.05, 3.63) is 46.9 Å². The van der Waals surface area contributed by atoms with Crippen LogP contribution in [-0.2, 0) is 17.8 Å². The summed E-state index contributed by atoms with van der Waals surface area (Å²) >= 11 is 1.40. The van der Waals surface area contributed by atoms with Crippen LogP contribution in [0.2, 0.25) is 0 Å². The molecule has 1 aliphatic rings. The molecule has 0 aliphatic carbocycles. The zero-order chi connectivity index (χ0) is 16.5. The van der Waals surface area contributed by atoms with Gasteiger partial charge in [0.1, 0.15) is 5.82 Å². The molecule has 0 saturated carbocycles. The van der Waals surface area contributed by atoms with E-state index < -0.39 is 0 Å². The minimum atomic E-state index is -0.228. The number of hydrogen-bond donors (Lipinski definition) is 2. The summed E-state index contributed by atoms with van der Waals surface area (Å²) in [5.74, 6) is -0.302. The molecule has 7 heteroatoms. The number of carbonyl (C=O) groups excluding carboxylic acids is 1. The van der Waals surface area contributed by atoms with Gasteiger partial charge in [0.25, 0.3) is 0 Å². The van der Waals surface area contributed by atoms with Crippen LogP contribution in [0.5, 0.6) is 0 Å². The molecule has 1 amide bonds. The minimum absolute atomic E-state index is 0.0734. The van der Waals surface area contributed by atoms with Crippen molar-refractivity contribution in [1.29, 1.82) is 0 Å². The number of nitrogens with one attached hydrogen (secondary N) is 2. The second-order valence-electron chi connectivity index (χ2n) is 5.94. The van der Waals surface area contributed by atoms with E-state index in [-0.39, 0.29) is 11.7 Å². The molecule has 1 aromatic carbocycles. The van der Waals surface area contributed by atoms with Gasteiger partial charge >= 0.3 is 0 Å². The first-order valence-electron chi connectivity index (χ1n) is 7.90. The van der Waals surface area contributed by atoms with Crippen molar-refractivity contribution < 1.29 is 9.18 Å². The minimum Gasteiger partial charge on any atom is -0.355 e. The van der Waals surface area contributed by atoms with Gasteiger partial charge in [0.05, 0.1) is 12.1 Å². The summed E-state index contributed by atoms with van der Waals surface area (Å²) in [7, 11) is 0. The molecule has 0 unspecified atom stereocenters. The highest BCUT2D eigenvalue weighted by molar-refractivity contribution is 7.13. The number of thiazole rings is 1. The lowest BCUT2D eigenvalue weighted by atomic mass is 10.1. The monoisotopic (exact) mass is 344 g/mol. The van der Waals surface area contributed by atoms with Crippen LogP contribution in [0.4, 0.5) is 9.52 Å². The molecule has 0 saturated heterocycles. The molecule has 1 aliphatic heterocycles. The predicted molar refractivity (Wildman–Crippen MR) is 92.6 cm³/mol. The van der Waals surface area contributed by atoms with Gasteiger partial charge in [-0.25, -0.2) is 9.37 Å². The van der Waals surface area contributed by atoms with E-state index in [9.17, 15) is 9.18 Å². The van der Waals surface area contributed by atoms with E-state index in [1.807, 2.05) is 11.4 Å². The number of rotatable bonds is 3. The predicted octanol–water partition coefficient (Wildman–Crippen LogP) is 3.15. The van der Waals surface area contributed by atoms with Gasteiger partial charge in [-0.2, -0.15) is 0 Å². The summed E-state index contributed by atoms with van der Waals surface area (Å²) in [6.07, 6.45) is 3.50. The number of H-pyrrole nitrogens is 1. The van der Waals surface area contributed by atoms with Crippen LogP contribution in [0, 0.1) is 5.82 Å². The molecule has 3 aromatic rings. The highest BCUT2D eigenvalue weighted by Crippen LogP contribution is 2.28. The topological polar surface area (TPSA) is 61.0 Å². The van der Waals surface area contributed by atoms with Gasteiger partial charge in [0.15, 0.2) is 5.13 Å². The molecule has 3 heterocycles. The average Bonchev–Trinajstić information content (AvgIpc) is 3.12. The summed E-state index contributed by atoms with van der Waals surface area (Å²) in [6.45, 7) is 1.76. The Balaban J connectivity index is 1.52. The van der Waals surface area contributed by atoms with Crippen molar-refractivity contribution in [2.45, 2.75) is 19.4 Å². The molecule has 0 fully saturated rings. The number of hydrogen-bond acceptors (Lipinski definition) is 4. The van der Waals surface area contributed by atoms with Crippen LogP contribution in [-0.4, -0.2) is 33.9 Å². The Morgan fingerprint density at radius 2 is 2.38 bits per heavy atom. The van der Waals surface area contributed by atoms with Crippen molar-refractivity contribution in [3.63, 3.8) is 0 Å². The van der Waals surface area contributed by atoms with Gasteiger partial charge in [-0.15, -0.1) is 11.3 Å². The lowest BCUT2D eigenvalue weighted by Gasteiger charge is -2.18. The number of nitrogens with zero attached hydrogens (tertiary/aromatic N) is 2. The number of aromatic amines is 1. The van der Waals surface area contributed by atoms with E-state index >= 15 is 0 Å². The van der Waals surface area contributed by atoms with Gasteiger partial charge in [0.2, 0.25) is 5.91 Å². The molecule has 2 N–H and O–H groups in total. The first-order valence-corrected chi connectivity index (χ1v) is 8.78. The summed E-state index contributed by atoms with van der Waals surface area (Å²) in [6, 6.07) is 5.17. The van der Waals surface area contributed by atoms with Gasteiger partial charge in [-0.3, -0.25) is 9.69 Å². The largest absolute Gasteiger partial charge is 0.355 e. The third kappa shape index (κ3) is 2.92. The van der Waals surface area contributed by atoms with Crippen LogP contribution in [0.25, 0.3) is 10.9 Å². The Hall–Kier alpha value is -2.25. The summed E-state index contributed by atoms with van der Waals surface area (Å²) < 4.78 is 14.0. The maximum Gasteiger partial charge on any atom is 0.240 e. The number of halogens is 1. The normalized spacial score (nSPS) is 15.2. The molecular formula is C17H17FN4OS. The molecule has 0 radical (unpaired) electrons. The number of aryl methyl sites for hydroxylation is 1. The standard InChI is InChI=1S/C17H17FN4OS/c18-13-5-1-3-12-11-4-2-7-22(9-14(11)20-16(12)13)10-15(23)21-17-19-6-8-24-17/h1,3,5-6,8,20H,2,4,7,9-10H2,(H,19,21,23). The summed E-state index contributed by atoms with van der Waals surface area (Å²) in [5, 5.41) is 6.20. The molecule has 2 aromatic heterocycles. The number of anilines is 1. The Morgan fingerprint density at radius 1 is 1.46 bits per heavy atom. The smallest absolute Gasteiger partial charge is 0.240 e. The highest BCUT2D eigenvalue weighted by Gasteiger charge is 2.21. The molecule has 124 valence electrons. The fourth-order valence-corrected chi connectivity index (χ4v) is 3.82. The number of benzene rings is 1. The van der Waals surface area contributed by atoms with Gasteiger partial charge in [-0.05, 0) is 31.0 Å². The zero-order valence-electron chi connectivity index (χ0n) is 13.0. The maximum atomic E-state index is 14.0. The first kappa shape index (κ1) is 15.3. The molecular weight excluding hydrogens is 327 g/mol. The molecule has 0 atom stereocenters. The van der Waals surface area contributed by atoms with Crippen LogP contribution >= 0.6 is 11.3 Å². The van der Waals surface area contributed by atoms with Crippen LogP contribution in [0.3, 0.4) is 0 Å². The Morgan fingerprint density at radius 3 is 3.21 bits per heavy atom. The second-order valence-corrected chi connectivity index (χ2v) is 6.84. The summed E-state index contributed by atoms with van der Waals surface area (Å²) in [5.41, 5.74) is 2.75. The molecule has 4 rings (SSSR count). The van der Waals surface area contributed by atoms with E-state index in [1.165, 1.54) is 23.0 Å². The maximum absolute atomic E-state index is 14.0. The van der Waals surface area contributed by atoms with Crippen LogP contribution < -0.4 is 5.32 Å². The van der Waals surface area contributed by atoms with Gasteiger partial charge in [-0.1, -0.05) is 12.1 Å². The lowest BCUT2D eigenvalue weighted by Crippen LogP contribution is -2.33.